The molecule has 0 aliphatic carbocycles. The molecule has 2 N–H and O–H groups in total. The number of carbonyl (C=O) groups excluding carboxylic acids is 1. The summed E-state index contributed by atoms with van der Waals surface area (Å²) in [6.07, 6.45) is 1.47. The Bertz CT molecular complexity index is 570. The van der Waals surface area contributed by atoms with Crippen molar-refractivity contribution in [3.05, 3.63) is 47.5 Å². The molecule has 0 fully saturated rings. The molecule has 1 heterocycles. The Morgan fingerprint density at radius 2 is 2.21 bits per heavy atom. The number of nitrogens with zero attached hydrogens (tertiary/aromatic N) is 3. The molecule has 0 radical (unpaired) electrons. The number of aliphatic hydroxyl groups excluding tert-OH is 1. The second-order valence-corrected chi connectivity index (χ2v) is 3.93. The quantitative estimate of drug-likeness (QED) is 0.810. The standard InChI is InChI=1S/C12H13FN4O2/c13-11-4-2-1-3-9(11)5-14-12(19)7-17-6-10(8-18)15-16-17/h1-4,6,18H,5,7-8H2,(H,14,19). The Hall–Kier alpha value is -2.28. The molecule has 6 nitrogen and oxygen atoms in total. The summed E-state index contributed by atoms with van der Waals surface area (Å²) in [6, 6.07) is 6.24. The van der Waals surface area contributed by atoms with Crippen LogP contribution in [0.4, 0.5) is 4.39 Å². The lowest BCUT2D eigenvalue weighted by Gasteiger charge is -2.05. The summed E-state index contributed by atoms with van der Waals surface area (Å²) >= 11 is 0. The van der Waals surface area contributed by atoms with Crippen LogP contribution in [-0.2, 0) is 24.5 Å². The molecule has 7 heteroatoms. The van der Waals surface area contributed by atoms with Crippen molar-refractivity contribution in [3.63, 3.8) is 0 Å². The summed E-state index contributed by atoms with van der Waals surface area (Å²) < 4.78 is 14.6. The second-order valence-electron chi connectivity index (χ2n) is 3.93. The SMILES string of the molecule is O=C(Cn1cc(CO)nn1)NCc1ccccc1F. The van der Waals surface area contributed by atoms with E-state index in [1.165, 1.54) is 16.9 Å². The van der Waals surface area contributed by atoms with Gasteiger partial charge in [0.2, 0.25) is 5.91 Å². The fourth-order valence-corrected chi connectivity index (χ4v) is 1.53. The van der Waals surface area contributed by atoms with Gasteiger partial charge in [0.25, 0.3) is 0 Å². The maximum Gasteiger partial charge on any atom is 0.242 e. The molecule has 0 atom stereocenters. The molecule has 0 aliphatic heterocycles. The summed E-state index contributed by atoms with van der Waals surface area (Å²) in [4.78, 5) is 11.6. The number of hydrogen-bond donors (Lipinski definition) is 2. The van der Waals surface area contributed by atoms with Crippen LogP contribution in [0.25, 0.3) is 0 Å². The van der Waals surface area contributed by atoms with Crippen molar-refractivity contribution in [2.45, 2.75) is 19.7 Å². The number of amides is 1. The van der Waals surface area contributed by atoms with Gasteiger partial charge in [0.1, 0.15) is 18.1 Å². The van der Waals surface area contributed by atoms with Crippen LogP contribution < -0.4 is 5.32 Å². The summed E-state index contributed by atoms with van der Waals surface area (Å²) in [6.45, 7) is -0.134. The van der Waals surface area contributed by atoms with Crippen LogP contribution in [0, 0.1) is 5.82 Å². The Morgan fingerprint density at radius 1 is 1.42 bits per heavy atom. The van der Waals surface area contributed by atoms with Gasteiger partial charge in [-0.2, -0.15) is 0 Å². The maximum atomic E-state index is 13.3. The smallest absolute Gasteiger partial charge is 0.242 e. The number of aromatic nitrogens is 3. The number of hydrogen-bond acceptors (Lipinski definition) is 4. The first-order valence-corrected chi connectivity index (χ1v) is 5.69. The molecule has 0 bridgehead atoms. The molecule has 0 spiro atoms. The number of benzene rings is 1. The molecule has 2 rings (SSSR count). The van der Waals surface area contributed by atoms with E-state index in [9.17, 15) is 9.18 Å². The third-order valence-electron chi connectivity index (χ3n) is 2.49. The molecular formula is C12H13FN4O2. The summed E-state index contributed by atoms with van der Waals surface area (Å²) in [5, 5.41) is 18.7. The Morgan fingerprint density at radius 3 is 2.89 bits per heavy atom. The third-order valence-corrected chi connectivity index (χ3v) is 2.49. The highest BCUT2D eigenvalue weighted by Crippen LogP contribution is 2.05. The largest absolute Gasteiger partial charge is 0.390 e. The van der Waals surface area contributed by atoms with Crippen molar-refractivity contribution in [3.8, 4) is 0 Å². The highest BCUT2D eigenvalue weighted by atomic mass is 19.1. The fraction of sp³-hybridized carbons (Fsp3) is 0.250. The van der Waals surface area contributed by atoms with Gasteiger partial charge in [0.05, 0.1) is 12.8 Å². The first-order chi connectivity index (χ1) is 9.19. The zero-order valence-electron chi connectivity index (χ0n) is 10.1. The van der Waals surface area contributed by atoms with Gasteiger partial charge in [-0.15, -0.1) is 5.10 Å². The highest BCUT2D eigenvalue weighted by molar-refractivity contribution is 5.75. The maximum absolute atomic E-state index is 13.3. The Kier molecular flexibility index (Phi) is 4.19. The summed E-state index contributed by atoms with van der Waals surface area (Å²) in [7, 11) is 0. The number of aliphatic hydroxyl groups is 1. The van der Waals surface area contributed by atoms with Crippen molar-refractivity contribution < 1.29 is 14.3 Å². The molecular weight excluding hydrogens is 251 g/mol. The van der Waals surface area contributed by atoms with Gasteiger partial charge in [0, 0.05) is 12.1 Å². The molecule has 1 aromatic heterocycles. The lowest BCUT2D eigenvalue weighted by molar-refractivity contribution is -0.122. The van der Waals surface area contributed by atoms with Crippen molar-refractivity contribution in [1.29, 1.82) is 0 Å². The third kappa shape index (κ3) is 3.59. The molecule has 1 amide bonds. The normalized spacial score (nSPS) is 10.4. The van der Waals surface area contributed by atoms with E-state index in [0.717, 1.165) is 0 Å². The lowest BCUT2D eigenvalue weighted by Crippen LogP contribution is -2.27. The van der Waals surface area contributed by atoms with Gasteiger partial charge in [-0.1, -0.05) is 23.4 Å². The van der Waals surface area contributed by atoms with Gasteiger partial charge < -0.3 is 10.4 Å². The predicted octanol–water partition coefficient (Wildman–Crippen LogP) is 0.226. The van der Waals surface area contributed by atoms with Gasteiger partial charge in [-0.05, 0) is 6.07 Å². The van der Waals surface area contributed by atoms with Crippen molar-refractivity contribution in [2.24, 2.45) is 0 Å². The molecule has 0 unspecified atom stereocenters. The van der Waals surface area contributed by atoms with Crippen molar-refractivity contribution >= 4 is 5.91 Å². The molecule has 19 heavy (non-hydrogen) atoms. The van der Waals surface area contributed by atoms with Crippen LogP contribution in [0.5, 0.6) is 0 Å². The van der Waals surface area contributed by atoms with Crippen molar-refractivity contribution in [2.75, 3.05) is 0 Å². The Labute approximate surface area is 108 Å². The van der Waals surface area contributed by atoms with Crippen LogP contribution in [0.15, 0.2) is 30.5 Å². The number of rotatable bonds is 5. The fourth-order valence-electron chi connectivity index (χ4n) is 1.53. The first-order valence-electron chi connectivity index (χ1n) is 5.69. The second kappa shape index (κ2) is 6.05. The van der Waals surface area contributed by atoms with Gasteiger partial charge in [0.15, 0.2) is 0 Å². The van der Waals surface area contributed by atoms with Gasteiger partial charge in [-0.3, -0.25) is 4.79 Å². The average molecular weight is 264 g/mol. The number of nitrogens with one attached hydrogen (secondary N) is 1. The van der Waals surface area contributed by atoms with Crippen LogP contribution >= 0.6 is 0 Å². The van der Waals surface area contributed by atoms with Crippen LogP contribution in [0.3, 0.4) is 0 Å². The number of halogens is 1. The monoisotopic (exact) mass is 264 g/mol. The molecule has 0 saturated carbocycles. The summed E-state index contributed by atoms with van der Waals surface area (Å²) in [5.74, 6) is -0.663. The lowest BCUT2D eigenvalue weighted by atomic mass is 10.2. The zero-order chi connectivity index (χ0) is 13.7. The predicted molar refractivity (Wildman–Crippen MR) is 64.2 cm³/mol. The van der Waals surface area contributed by atoms with Gasteiger partial charge >= 0.3 is 0 Å². The zero-order valence-corrected chi connectivity index (χ0v) is 10.1. The minimum atomic E-state index is -0.355. The number of carbonyl (C=O) groups is 1. The van der Waals surface area contributed by atoms with Crippen LogP contribution in [-0.4, -0.2) is 26.0 Å². The highest BCUT2D eigenvalue weighted by Gasteiger charge is 2.07. The van der Waals surface area contributed by atoms with E-state index in [2.05, 4.69) is 15.6 Å². The van der Waals surface area contributed by atoms with E-state index < -0.39 is 0 Å². The summed E-state index contributed by atoms with van der Waals surface area (Å²) in [5.41, 5.74) is 0.812. The van der Waals surface area contributed by atoms with Crippen LogP contribution in [0.2, 0.25) is 0 Å². The first kappa shape index (κ1) is 13.2. The van der Waals surface area contributed by atoms with E-state index in [1.54, 1.807) is 18.2 Å². The topological polar surface area (TPSA) is 80.0 Å². The van der Waals surface area contributed by atoms with E-state index in [1.807, 2.05) is 0 Å². The van der Waals surface area contributed by atoms with E-state index in [0.29, 0.717) is 11.3 Å². The molecule has 100 valence electrons. The molecule has 0 saturated heterocycles. The minimum absolute atomic E-state index is 0.0263. The van der Waals surface area contributed by atoms with E-state index >= 15 is 0 Å². The van der Waals surface area contributed by atoms with E-state index in [-0.39, 0.29) is 31.4 Å². The molecule has 2 aromatic rings. The molecule has 0 aliphatic rings. The van der Waals surface area contributed by atoms with Gasteiger partial charge in [-0.25, -0.2) is 9.07 Å². The van der Waals surface area contributed by atoms with Crippen molar-refractivity contribution in [1.82, 2.24) is 20.3 Å². The van der Waals surface area contributed by atoms with Crippen LogP contribution in [0.1, 0.15) is 11.3 Å². The van der Waals surface area contributed by atoms with E-state index in [4.69, 9.17) is 5.11 Å². The average Bonchev–Trinajstić information content (AvgIpc) is 2.85. The Balaban J connectivity index is 1.86. The molecule has 1 aromatic carbocycles. The minimum Gasteiger partial charge on any atom is -0.390 e.